The van der Waals surface area contributed by atoms with Crippen molar-refractivity contribution in [2.24, 2.45) is 0 Å². The van der Waals surface area contributed by atoms with E-state index in [1.807, 2.05) is 0 Å². The highest BCUT2D eigenvalue weighted by molar-refractivity contribution is 7.17. The van der Waals surface area contributed by atoms with Gasteiger partial charge in [-0.2, -0.15) is 0 Å². The highest BCUT2D eigenvalue weighted by atomic mass is 32.1. The van der Waals surface area contributed by atoms with Crippen LogP contribution >= 0.6 is 11.3 Å². The van der Waals surface area contributed by atoms with Crippen molar-refractivity contribution in [3.63, 3.8) is 0 Å². The number of amides is 1. The molecule has 7 heteroatoms. The van der Waals surface area contributed by atoms with Crippen LogP contribution in [0.1, 0.15) is 29.2 Å². The Labute approximate surface area is 137 Å². The number of thiazole rings is 1. The number of nitrogens with zero attached hydrogens (tertiary/aromatic N) is 1. The van der Waals surface area contributed by atoms with Gasteiger partial charge in [0.15, 0.2) is 6.10 Å². The number of halogens is 1. The molecular formula is C16H17FN2O3S. The van der Waals surface area contributed by atoms with Gasteiger partial charge in [0, 0.05) is 12.1 Å². The number of aryl methyl sites for hydroxylation is 1. The predicted molar refractivity (Wildman–Crippen MR) is 85.8 cm³/mol. The molecule has 1 aromatic heterocycles. The van der Waals surface area contributed by atoms with E-state index in [0.29, 0.717) is 22.1 Å². The average Bonchev–Trinajstić information content (AvgIpc) is 2.90. The monoisotopic (exact) mass is 336 g/mol. The van der Waals surface area contributed by atoms with Crippen LogP contribution in [-0.2, 0) is 9.53 Å². The van der Waals surface area contributed by atoms with E-state index < -0.39 is 12.1 Å². The summed E-state index contributed by atoms with van der Waals surface area (Å²) in [6, 6.07) is 5.86. The molecule has 0 bridgehead atoms. The van der Waals surface area contributed by atoms with Gasteiger partial charge in [0.2, 0.25) is 0 Å². The zero-order valence-corrected chi connectivity index (χ0v) is 13.9. The first-order chi connectivity index (χ1) is 10.9. The molecule has 1 aromatic carbocycles. The standard InChI is InChI=1S/C16H17FN2O3S/c1-4-18-14(20)10(3)22-16(21)13-9(2)19-15(23-13)11-5-7-12(17)8-6-11/h5-8,10H,4H2,1-3H3,(H,18,20)/t10-/m1/s1. The third-order valence-electron chi connectivity index (χ3n) is 3.08. The van der Waals surface area contributed by atoms with E-state index in [2.05, 4.69) is 10.3 Å². The van der Waals surface area contributed by atoms with Gasteiger partial charge in [0.1, 0.15) is 15.7 Å². The third-order valence-corrected chi connectivity index (χ3v) is 4.26. The Kier molecular flexibility index (Phi) is 5.44. The minimum atomic E-state index is -0.877. The Morgan fingerprint density at radius 3 is 2.61 bits per heavy atom. The van der Waals surface area contributed by atoms with Crippen LogP contribution in [0.3, 0.4) is 0 Å². The maximum absolute atomic E-state index is 13.0. The number of nitrogens with one attached hydrogen (secondary N) is 1. The Bertz CT molecular complexity index is 713. The summed E-state index contributed by atoms with van der Waals surface area (Å²) in [7, 11) is 0. The van der Waals surface area contributed by atoms with Crippen LogP contribution in [0.4, 0.5) is 4.39 Å². The van der Waals surface area contributed by atoms with Crippen molar-refractivity contribution in [2.75, 3.05) is 6.54 Å². The van der Waals surface area contributed by atoms with Crippen LogP contribution in [0.25, 0.3) is 10.6 Å². The van der Waals surface area contributed by atoms with Crippen LogP contribution in [0.5, 0.6) is 0 Å². The van der Waals surface area contributed by atoms with E-state index in [9.17, 15) is 14.0 Å². The molecule has 0 saturated carbocycles. The minimum Gasteiger partial charge on any atom is -0.448 e. The second-order valence-corrected chi connectivity index (χ2v) is 5.88. The first-order valence-electron chi connectivity index (χ1n) is 7.14. The molecule has 0 fully saturated rings. The van der Waals surface area contributed by atoms with Gasteiger partial charge in [0.25, 0.3) is 5.91 Å². The number of carbonyl (C=O) groups is 2. The van der Waals surface area contributed by atoms with E-state index in [1.165, 1.54) is 19.1 Å². The highest BCUT2D eigenvalue weighted by Crippen LogP contribution is 2.28. The zero-order chi connectivity index (χ0) is 17.0. The molecule has 0 saturated heterocycles. The van der Waals surface area contributed by atoms with E-state index in [-0.39, 0.29) is 11.7 Å². The Hall–Kier alpha value is -2.28. The summed E-state index contributed by atoms with van der Waals surface area (Å²) in [5.74, 6) is -1.27. The van der Waals surface area contributed by atoms with Gasteiger partial charge >= 0.3 is 5.97 Å². The fourth-order valence-corrected chi connectivity index (χ4v) is 2.84. The van der Waals surface area contributed by atoms with Crippen molar-refractivity contribution < 1.29 is 18.7 Å². The predicted octanol–water partition coefficient (Wildman–Crippen LogP) is 2.94. The van der Waals surface area contributed by atoms with Gasteiger partial charge in [-0.25, -0.2) is 14.2 Å². The van der Waals surface area contributed by atoms with Crippen molar-refractivity contribution in [2.45, 2.75) is 26.9 Å². The quantitative estimate of drug-likeness (QED) is 0.853. The van der Waals surface area contributed by atoms with Gasteiger partial charge in [-0.05, 0) is 45.0 Å². The van der Waals surface area contributed by atoms with E-state index in [1.54, 1.807) is 26.0 Å². The summed E-state index contributed by atoms with van der Waals surface area (Å²) in [6.07, 6.45) is -0.877. The minimum absolute atomic E-state index is 0.334. The summed E-state index contributed by atoms with van der Waals surface area (Å²) in [5, 5.41) is 3.19. The van der Waals surface area contributed by atoms with Crippen molar-refractivity contribution in [1.29, 1.82) is 0 Å². The van der Waals surface area contributed by atoms with Crippen molar-refractivity contribution in [3.8, 4) is 10.6 Å². The van der Waals surface area contributed by atoms with Gasteiger partial charge in [-0.15, -0.1) is 11.3 Å². The zero-order valence-electron chi connectivity index (χ0n) is 13.1. The molecule has 0 aliphatic carbocycles. The maximum Gasteiger partial charge on any atom is 0.351 e. The summed E-state index contributed by atoms with van der Waals surface area (Å²) in [5.41, 5.74) is 1.23. The third kappa shape index (κ3) is 4.13. The van der Waals surface area contributed by atoms with Crippen LogP contribution in [0.15, 0.2) is 24.3 Å². The van der Waals surface area contributed by atoms with Crippen molar-refractivity contribution >= 4 is 23.2 Å². The van der Waals surface area contributed by atoms with E-state index in [0.717, 1.165) is 16.9 Å². The van der Waals surface area contributed by atoms with Gasteiger partial charge < -0.3 is 10.1 Å². The molecule has 1 heterocycles. The number of benzene rings is 1. The number of esters is 1. The van der Waals surface area contributed by atoms with Crippen molar-refractivity contribution in [1.82, 2.24) is 10.3 Å². The topological polar surface area (TPSA) is 68.3 Å². The fraction of sp³-hybridized carbons (Fsp3) is 0.312. The number of likely N-dealkylation sites (N-methyl/N-ethyl adjacent to an activating group) is 1. The number of ether oxygens (including phenoxy) is 1. The largest absolute Gasteiger partial charge is 0.448 e. The summed E-state index contributed by atoms with van der Waals surface area (Å²) >= 11 is 1.15. The van der Waals surface area contributed by atoms with Gasteiger partial charge in [0.05, 0.1) is 5.69 Å². The van der Waals surface area contributed by atoms with Crippen LogP contribution < -0.4 is 5.32 Å². The molecule has 122 valence electrons. The molecule has 2 rings (SSSR count). The SMILES string of the molecule is CCNC(=O)[C@@H](C)OC(=O)c1sc(-c2ccc(F)cc2)nc1C. The molecule has 0 unspecified atom stereocenters. The van der Waals surface area contributed by atoms with Crippen LogP contribution in [0.2, 0.25) is 0 Å². The number of aromatic nitrogens is 1. The number of carbonyl (C=O) groups excluding carboxylic acids is 2. The maximum atomic E-state index is 13.0. The molecule has 0 aliphatic rings. The molecule has 1 N–H and O–H groups in total. The lowest BCUT2D eigenvalue weighted by atomic mass is 10.2. The first-order valence-corrected chi connectivity index (χ1v) is 7.96. The lowest BCUT2D eigenvalue weighted by Gasteiger charge is -2.11. The molecule has 0 aliphatic heterocycles. The summed E-state index contributed by atoms with van der Waals surface area (Å²) < 4.78 is 18.1. The lowest BCUT2D eigenvalue weighted by molar-refractivity contribution is -0.128. The molecule has 0 radical (unpaired) electrons. The summed E-state index contributed by atoms with van der Waals surface area (Å²) in [6.45, 7) is 5.46. The number of rotatable bonds is 5. The average molecular weight is 336 g/mol. The van der Waals surface area contributed by atoms with Crippen LogP contribution in [-0.4, -0.2) is 29.5 Å². The molecule has 5 nitrogen and oxygen atoms in total. The Balaban J connectivity index is 2.16. The molecule has 1 atom stereocenters. The lowest BCUT2D eigenvalue weighted by Crippen LogP contribution is -2.35. The highest BCUT2D eigenvalue weighted by Gasteiger charge is 2.22. The second kappa shape index (κ2) is 7.32. The second-order valence-electron chi connectivity index (χ2n) is 4.88. The normalized spacial score (nSPS) is 11.8. The molecular weight excluding hydrogens is 319 g/mol. The Morgan fingerprint density at radius 1 is 1.35 bits per heavy atom. The smallest absolute Gasteiger partial charge is 0.351 e. The summed E-state index contributed by atoms with van der Waals surface area (Å²) in [4.78, 5) is 28.5. The van der Waals surface area contributed by atoms with Crippen LogP contribution in [0, 0.1) is 12.7 Å². The van der Waals surface area contributed by atoms with Crippen molar-refractivity contribution in [3.05, 3.63) is 40.7 Å². The van der Waals surface area contributed by atoms with E-state index >= 15 is 0 Å². The fourth-order valence-electron chi connectivity index (χ4n) is 1.89. The Morgan fingerprint density at radius 2 is 2.00 bits per heavy atom. The molecule has 0 spiro atoms. The molecule has 1 amide bonds. The van der Waals surface area contributed by atoms with Gasteiger partial charge in [-0.1, -0.05) is 0 Å². The molecule has 2 aromatic rings. The number of hydrogen-bond acceptors (Lipinski definition) is 5. The number of hydrogen-bond donors (Lipinski definition) is 1. The van der Waals surface area contributed by atoms with E-state index in [4.69, 9.17) is 4.74 Å². The molecule has 23 heavy (non-hydrogen) atoms. The first kappa shape index (κ1) is 17.1. The van der Waals surface area contributed by atoms with Gasteiger partial charge in [-0.3, -0.25) is 4.79 Å².